The van der Waals surface area contributed by atoms with Crippen molar-refractivity contribution in [3.05, 3.63) is 58.6 Å². The van der Waals surface area contributed by atoms with Gasteiger partial charge in [-0.3, -0.25) is 4.40 Å². The van der Waals surface area contributed by atoms with E-state index >= 15 is 0 Å². The van der Waals surface area contributed by atoms with Crippen molar-refractivity contribution >= 4 is 17.2 Å². The molecule has 0 unspecified atom stereocenters. The Morgan fingerprint density at radius 3 is 2.68 bits per heavy atom. The average Bonchev–Trinajstić information content (AvgIpc) is 2.76. The lowest BCUT2D eigenvalue weighted by Gasteiger charge is -2.07. The van der Waals surface area contributed by atoms with E-state index in [1.54, 1.807) is 18.3 Å². The van der Waals surface area contributed by atoms with Crippen LogP contribution in [0.2, 0.25) is 5.02 Å². The molecule has 0 radical (unpaired) electrons. The number of nitrogens with zero attached hydrogens (tertiary/aromatic N) is 2. The highest BCUT2D eigenvalue weighted by atomic mass is 35.5. The molecular weight excluding hydrogens is 263 g/mol. The van der Waals surface area contributed by atoms with E-state index in [-0.39, 0.29) is 5.02 Å². The van der Waals surface area contributed by atoms with E-state index in [0.29, 0.717) is 0 Å². The summed E-state index contributed by atoms with van der Waals surface area (Å²) in [4.78, 5) is 4.39. The van der Waals surface area contributed by atoms with Gasteiger partial charge in [-0.15, -0.1) is 0 Å². The molecule has 1 aromatic carbocycles. The fourth-order valence-electron chi connectivity index (χ4n) is 2.34. The Hall–Kier alpha value is -1.87. The summed E-state index contributed by atoms with van der Waals surface area (Å²) in [5, 5.41) is 0.122. The van der Waals surface area contributed by atoms with Gasteiger partial charge in [0.2, 0.25) is 0 Å². The molecule has 2 heterocycles. The summed E-state index contributed by atoms with van der Waals surface area (Å²) in [7, 11) is 0. The van der Waals surface area contributed by atoms with Crippen LogP contribution in [0.25, 0.3) is 16.9 Å². The maximum Gasteiger partial charge on any atom is 0.141 e. The summed E-state index contributed by atoms with van der Waals surface area (Å²) >= 11 is 5.84. The van der Waals surface area contributed by atoms with Gasteiger partial charge in [-0.2, -0.15) is 0 Å². The largest absolute Gasteiger partial charge is 0.297 e. The van der Waals surface area contributed by atoms with Crippen LogP contribution in [-0.2, 0) is 0 Å². The molecule has 0 fully saturated rings. The molecule has 19 heavy (non-hydrogen) atoms. The minimum atomic E-state index is -0.410. The Morgan fingerprint density at radius 2 is 1.95 bits per heavy atom. The molecule has 4 heteroatoms. The van der Waals surface area contributed by atoms with Crippen molar-refractivity contribution in [2.75, 3.05) is 0 Å². The van der Waals surface area contributed by atoms with E-state index in [0.717, 1.165) is 22.6 Å². The summed E-state index contributed by atoms with van der Waals surface area (Å²) in [5.41, 5.74) is 4.90. The highest BCUT2D eigenvalue weighted by Gasteiger charge is 2.10. The predicted molar refractivity (Wildman–Crippen MR) is 75.1 cm³/mol. The predicted octanol–water partition coefficient (Wildman–Crippen LogP) is 4.41. The molecule has 0 atom stereocenters. The van der Waals surface area contributed by atoms with Crippen LogP contribution >= 0.6 is 11.6 Å². The van der Waals surface area contributed by atoms with E-state index in [4.69, 9.17) is 11.6 Å². The van der Waals surface area contributed by atoms with E-state index in [1.807, 2.05) is 24.3 Å². The van der Waals surface area contributed by atoms with E-state index < -0.39 is 5.82 Å². The van der Waals surface area contributed by atoms with Crippen molar-refractivity contribution < 1.29 is 4.39 Å². The second kappa shape index (κ2) is 4.35. The molecule has 0 saturated heterocycles. The minimum Gasteiger partial charge on any atom is -0.297 e. The summed E-state index contributed by atoms with van der Waals surface area (Å²) in [6.07, 6.45) is 1.78. The number of hydrogen-bond acceptors (Lipinski definition) is 1. The van der Waals surface area contributed by atoms with Gasteiger partial charge in [0.05, 0.1) is 16.9 Å². The lowest BCUT2D eigenvalue weighted by Crippen LogP contribution is -1.95. The van der Waals surface area contributed by atoms with Crippen molar-refractivity contribution in [3.63, 3.8) is 0 Å². The van der Waals surface area contributed by atoms with Crippen LogP contribution < -0.4 is 0 Å². The molecule has 0 bridgehead atoms. The van der Waals surface area contributed by atoms with E-state index in [9.17, 15) is 4.39 Å². The zero-order valence-corrected chi connectivity index (χ0v) is 11.4. The van der Waals surface area contributed by atoms with Crippen LogP contribution in [0.4, 0.5) is 4.39 Å². The van der Waals surface area contributed by atoms with E-state index in [2.05, 4.69) is 11.1 Å². The summed E-state index contributed by atoms with van der Waals surface area (Å²) in [5.74, 6) is -0.410. The third-order valence-electron chi connectivity index (χ3n) is 3.15. The van der Waals surface area contributed by atoms with Crippen LogP contribution in [0.3, 0.4) is 0 Å². The topological polar surface area (TPSA) is 17.3 Å². The monoisotopic (exact) mass is 274 g/mol. The van der Waals surface area contributed by atoms with Crippen LogP contribution in [0.15, 0.2) is 36.5 Å². The van der Waals surface area contributed by atoms with Gasteiger partial charge in [0, 0.05) is 11.3 Å². The number of aryl methyl sites for hydroxylation is 2. The average molecular weight is 275 g/mol. The fourth-order valence-corrected chi connectivity index (χ4v) is 2.52. The molecular formula is C15H12ClFN2. The number of benzene rings is 1. The first-order chi connectivity index (χ1) is 9.06. The first kappa shape index (κ1) is 12.2. The first-order valence-electron chi connectivity index (χ1n) is 5.96. The Balaban J connectivity index is 2.28. The molecule has 96 valence electrons. The molecule has 0 amide bonds. The quantitative estimate of drug-likeness (QED) is 0.642. The normalized spacial score (nSPS) is 11.2. The Kier molecular flexibility index (Phi) is 2.79. The van der Waals surface area contributed by atoms with Crippen LogP contribution in [0, 0.1) is 19.7 Å². The molecule has 0 aliphatic heterocycles. The summed E-state index contributed by atoms with van der Waals surface area (Å²) in [6, 6.07) is 8.81. The highest BCUT2D eigenvalue weighted by molar-refractivity contribution is 6.31. The standard InChI is InChI=1S/C15H12ClFN2/c1-9-5-10(2)19-14(8-18-15(19)6-9)11-3-4-13(17)12(16)7-11/h3-8H,1-2H3. The van der Waals surface area contributed by atoms with Gasteiger partial charge in [0.25, 0.3) is 0 Å². The molecule has 0 N–H and O–H groups in total. The third kappa shape index (κ3) is 2.00. The number of aromatic nitrogens is 2. The van der Waals surface area contributed by atoms with Crippen LogP contribution in [0.5, 0.6) is 0 Å². The number of pyridine rings is 1. The van der Waals surface area contributed by atoms with Crippen LogP contribution in [0.1, 0.15) is 11.3 Å². The number of hydrogen-bond donors (Lipinski definition) is 0. The SMILES string of the molecule is Cc1cc(C)n2c(-c3ccc(F)c(Cl)c3)cnc2c1. The second-order valence-electron chi connectivity index (χ2n) is 4.64. The number of halogens is 2. The third-order valence-corrected chi connectivity index (χ3v) is 3.44. The van der Waals surface area contributed by atoms with Crippen molar-refractivity contribution in [2.24, 2.45) is 0 Å². The summed E-state index contributed by atoms with van der Waals surface area (Å²) < 4.78 is 15.3. The van der Waals surface area contributed by atoms with Gasteiger partial charge >= 0.3 is 0 Å². The van der Waals surface area contributed by atoms with E-state index in [1.165, 1.54) is 11.6 Å². The van der Waals surface area contributed by atoms with Gasteiger partial charge in [-0.05, 0) is 49.7 Å². The Bertz CT molecular complexity index is 777. The molecule has 2 nitrogen and oxygen atoms in total. The van der Waals surface area contributed by atoms with Crippen molar-refractivity contribution in [3.8, 4) is 11.3 Å². The van der Waals surface area contributed by atoms with Crippen molar-refractivity contribution in [1.82, 2.24) is 9.38 Å². The second-order valence-corrected chi connectivity index (χ2v) is 5.05. The van der Waals surface area contributed by atoms with Gasteiger partial charge in [0.1, 0.15) is 11.5 Å². The zero-order chi connectivity index (χ0) is 13.6. The van der Waals surface area contributed by atoms with Gasteiger partial charge in [0.15, 0.2) is 0 Å². The highest BCUT2D eigenvalue weighted by Crippen LogP contribution is 2.26. The van der Waals surface area contributed by atoms with Gasteiger partial charge < -0.3 is 0 Å². The first-order valence-corrected chi connectivity index (χ1v) is 6.34. The molecule has 3 rings (SSSR count). The maximum atomic E-state index is 13.2. The smallest absolute Gasteiger partial charge is 0.141 e. The van der Waals surface area contributed by atoms with Crippen molar-refractivity contribution in [1.29, 1.82) is 0 Å². The molecule has 0 spiro atoms. The number of rotatable bonds is 1. The Labute approximate surface area is 115 Å². The maximum absolute atomic E-state index is 13.2. The van der Waals surface area contributed by atoms with Gasteiger partial charge in [-0.25, -0.2) is 9.37 Å². The van der Waals surface area contributed by atoms with Crippen molar-refractivity contribution in [2.45, 2.75) is 13.8 Å². The fraction of sp³-hybridized carbons (Fsp3) is 0.133. The summed E-state index contributed by atoms with van der Waals surface area (Å²) in [6.45, 7) is 4.06. The zero-order valence-electron chi connectivity index (χ0n) is 10.6. The van der Waals surface area contributed by atoms with Gasteiger partial charge in [-0.1, -0.05) is 11.6 Å². The molecule has 0 saturated carbocycles. The number of fused-ring (bicyclic) bond motifs is 1. The minimum absolute atomic E-state index is 0.122. The van der Waals surface area contributed by atoms with Crippen LogP contribution in [-0.4, -0.2) is 9.38 Å². The number of imidazole rings is 1. The molecule has 2 aromatic heterocycles. The lowest BCUT2D eigenvalue weighted by molar-refractivity contribution is 0.628. The Morgan fingerprint density at radius 1 is 1.16 bits per heavy atom. The molecule has 3 aromatic rings. The lowest BCUT2D eigenvalue weighted by atomic mass is 10.1. The molecule has 0 aliphatic carbocycles. The molecule has 0 aliphatic rings.